The molecule has 0 spiro atoms. The van der Waals surface area contributed by atoms with Crippen LogP contribution >= 0.6 is 11.3 Å². The Hall–Kier alpha value is -2.13. The molecule has 1 N–H and O–H groups in total. The molecule has 5 nitrogen and oxygen atoms in total. The van der Waals surface area contributed by atoms with E-state index in [1.165, 1.54) is 6.07 Å². The predicted molar refractivity (Wildman–Crippen MR) is 98.8 cm³/mol. The quantitative estimate of drug-likeness (QED) is 0.634. The lowest BCUT2D eigenvalue weighted by atomic mass is 10.0. The first kappa shape index (κ1) is 19.6. The average molecular weight is 398 g/mol. The van der Waals surface area contributed by atoms with Crippen molar-refractivity contribution < 1.29 is 17.9 Å². The number of guanidine groups is 1. The number of alkyl halides is 3. The summed E-state index contributed by atoms with van der Waals surface area (Å²) in [5.41, 5.74) is 0.825. The molecule has 0 aliphatic carbocycles. The topological polar surface area (TPSA) is 49.8 Å². The third-order valence-electron chi connectivity index (χ3n) is 4.23. The first-order chi connectivity index (χ1) is 12.9. The highest BCUT2D eigenvalue weighted by Gasteiger charge is 2.32. The fourth-order valence-electron chi connectivity index (χ4n) is 2.93. The third-order valence-corrected chi connectivity index (χ3v) is 5.19. The van der Waals surface area contributed by atoms with Crippen LogP contribution in [0.1, 0.15) is 27.9 Å². The van der Waals surface area contributed by atoms with Crippen LogP contribution in [0, 0.1) is 6.92 Å². The maximum absolute atomic E-state index is 13.0. The van der Waals surface area contributed by atoms with Gasteiger partial charge in [-0.05, 0) is 24.6 Å². The molecule has 1 aromatic carbocycles. The van der Waals surface area contributed by atoms with Crippen LogP contribution in [0.2, 0.25) is 0 Å². The van der Waals surface area contributed by atoms with Crippen molar-refractivity contribution in [3.8, 4) is 0 Å². The lowest BCUT2D eigenvalue weighted by molar-refractivity contribution is -0.137. The molecule has 1 atom stereocenters. The van der Waals surface area contributed by atoms with Gasteiger partial charge in [-0.15, -0.1) is 11.3 Å². The summed E-state index contributed by atoms with van der Waals surface area (Å²) >= 11 is 1.57. The van der Waals surface area contributed by atoms with Gasteiger partial charge in [-0.1, -0.05) is 12.1 Å². The van der Waals surface area contributed by atoms with Crippen molar-refractivity contribution in [3.05, 3.63) is 51.5 Å². The van der Waals surface area contributed by atoms with Crippen LogP contribution in [0.5, 0.6) is 0 Å². The number of halogens is 3. The van der Waals surface area contributed by atoms with Gasteiger partial charge in [0, 0.05) is 24.7 Å². The first-order valence-corrected chi connectivity index (χ1v) is 9.40. The van der Waals surface area contributed by atoms with Crippen molar-refractivity contribution in [2.24, 2.45) is 4.99 Å². The van der Waals surface area contributed by atoms with Gasteiger partial charge in [0.15, 0.2) is 5.96 Å². The Labute approximate surface area is 159 Å². The monoisotopic (exact) mass is 398 g/mol. The molecule has 9 heteroatoms. The summed E-state index contributed by atoms with van der Waals surface area (Å²) in [6, 6.07) is 5.31. The van der Waals surface area contributed by atoms with Crippen molar-refractivity contribution in [2.75, 3.05) is 26.7 Å². The number of nitrogens with one attached hydrogen (secondary N) is 1. The maximum atomic E-state index is 13.0. The molecule has 2 heterocycles. The van der Waals surface area contributed by atoms with Crippen molar-refractivity contribution in [3.63, 3.8) is 0 Å². The van der Waals surface area contributed by atoms with Crippen LogP contribution in [0.15, 0.2) is 34.6 Å². The zero-order valence-electron chi connectivity index (χ0n) is 15.1. The Kier molecular flexibility index (Phi) is 6.01. The minimum Gasteiger partial charge on any atom is -0.370 e. The van der Waals surface area contributed by atoms with Gasteiger partial charge in [-0.2, -0.15) is 13.2 Å². The second-order valence-corrected chi connectivity index (χ2v) is 7.15. The van der Waals surface area contributed by atoms with Crippen molar-refractivity contribution >= 4 is 17.3 Å². The number of morpholine rings is 1. The van der Waals surface area contributed by atoms with Gasteiger partial charge in [-0.25, -0.2) is 4.98 Å². The van der Waals surface area contributed by atoms with Gasteiger partial charge in [0.1, 0.15) is 11.1 Å². The van der Waals surface area contributed by atoms with E-state index >= 15 is 0 Å². The molecule has 1 aliphatic heterocycles. The van der Waals surface area contributed by atoms with E-state index in [-0.39, 0.29) is 0 Å². The Bertz CT molecular complexity index is 806. The molecule has 0 saturated carbocycles. The van der Waals surface area contributed by atoms with Crippen LogP contribution < -0.4 is 5.32 Å². The highest BCUT2D eigenvalue weighted by atomic mass is 32.1. The van der Waals surface area contributed by atoms with E-state index in [1.54, 1.807) is 24.5 Å². The zero-order chi connectivity index (χ0) is 19.4. The molecule has 0 amide bonds. The predicted octanol–water partition coefficient (Wildman–Crippen LogP) is 3.62. The number of benzene rings is 1. The summed E-state index contributed by atoms with van der Waals surface area (Å²) < 4.78 is 44.6. The fraction of sp³-hybridized carbons (Fsp3) is 0.444. The van der Waals surface area contributed by atoms with Crippen LogP contribution in [0.4, 0.5) is 13.2 Å². The van der Waals surface area contributed by atoms with E-state index in [1.807, 2.05) is 17.2 Å². The minimum absolute atomic E-state index is 0.415. The van der Waals surface area contributed by atoms with E-state index in [0.29, 0.717) is 37.8 Å². The summed E-state index contributed by atoms with van der Waals surface area (Å²) in [6.07, 6.45) is -4.81. The normalized spacial score (nSPS) is 18.6. The molecule has 27 heavy (non-hydrogen) atoms. The molecular formula is C18H21F3N4OS. The van der Waals surface area contributed by atoms with Gasteiger partial charge < -0.3 is 15.0 Å². The number of aryl methyl sites for hydroxylation is 1. The van der Waals surface area contributed by atoms with E-state index < -0.39 is 17.8 Å². The van der Waals surface area contributed by atoms with E-state index in [9.17, 15) is 13.2 Å². The van der Waals surface area contributed by atoms with E-state index in [4.69, 9.17) is 4.74 Å². The second kappa shape index (κ2) is 8.26. The van der Waals surface area contributed by atoms with Gasteiger partial charge in [0.25, 0.3) is 0 Å². The molecule has 3 rings (SSSR count). The maximum Gasteiger partial charge on any atom is 0.416 e. The fourth-order valence-corrected chi connectivity index (χ4v) is 3.64. The molecular weight excluding hydrogens is 377 g/mol. The summed E-state index contributed by atoms with van der Waals surface area (Å²) in [5, 5.41) is 6.20. The Morgan fingerprint density at radius 2 is 2.26 bits per heavy atom. The molecule has 1 aliphatic rings. The van der Waals surface area contributed by atoms with Gasteiger partial charge in [0.05, 0.1) is 25.3 Å². The smallest absolute Gasteiger partial charge is 0.370 e. The molecule has 2 aromatic rings. The number of hydrogen-bond acceptors (Lipinski definition) is 4. The summed E-state index contributed by atoms with van der Waals surface area (Å²) in [4.78, 5) is 10.7. The molecule has 146 valence electrons. The van der Waals surface area contributed by atoms with E-state index in [2.05, 4.69) is 15.3 Å². The number of rotatable bonds is 3. The summed E-state index contributed by atoms with van der Waals surface area (Å²) in [5.74, 6) is 0.683. The largest absolute Gasteiger partial charge is 0.416 e. The summed E-state index contributed by atoms with van der Waals surface area (Å²) in [6.45, 7) is 3.95. The molecule has 1 aromatic heterocycles. The Balaban J connectivity index is 1.67. The number of aliphatic imine (C=N–C) groups is 1. The first-order valence-electron chi connectivity index (χ1n) is 8.52. The molecule has 0 bridgehead atoms. The highest BCUT2D eigenvalue weighted by molar-refractivity contribution is 7.09. The minimum atomic E-state index is -4.37. The van der Waals surface area contributed by atoms with E-state index in [0.717, 1.165) is 22.8 Å². The molecule has 0 radical (unpaired) electrons. The van der Waals surface area contributed by atoms with Gasteiger partial charge in [-0.3, -0.25) is 4.99 Å². The summed E-state index contributed by atoms with van der Waals surface area (Å²) in [7, 11) is 1.68. The van der Waals surface area contributed by atoms with Crippen molar-refractivity contribution in [2.45, 2.75) is 25.7 Å². The Morgan fingerprint density at radius 3 is 2.93 bits per heavy atom. The SMILES string of the molecule is CN=C(NCc1nc(C)cs1)N1CCOC(c2cccc(C(F)(F)F)c2)C1. The lowest BCUT2D eigenvalue weighted by Crippen LogP contribution is -2.48. The van der Waals surface area contributed by atoms with Crippen LogP contribution in [-0.4, -0.2) is 42.6 Å². The number of aromatic nitrogens is 1. The number of hydrogen-bond donors (Lipinski definition) is 1. The molecule has 1 saturated heterocycles. The average Bonchev–Trinajstić information content (AvgIpc) is 3.07. The highest BCUT2D eigenvalue weighted by Crippen LogP contribution is 2.32. The molecule has 1 unspecified atom stereocenters. The Morgan fingerprint density at radius 1 is 1.44 bits per heavy atom. The van der Waals surface area contributed by atoms with Gasteiger partial charge in [0.2, 0.25) is 0 Å². The van der Waals surface area contributed by atoms with Crippen LogP contribution in [0.25, 0.3) is 0 Å². The standard InChI is InChI=1S/C18H21F3N4OS/c1-12-11-27-16(24-12)9-23-17(22-2)25-6-7-26-15(10-25)13-4-3-5-14(8-13)18(19,20)21/h3-5,8,11,15H,6-7,9-10H2,1-2H3,(H,22,23). The zero-order valence-corrected chi connectivity index (χ0v) is 15.9. The van der Waals surface area contributed by atoms with Crippen molar-refractivity contribution in [1.82, 2.24) is 15.2 Å². The number of ether oxygens (including phenoxy) is 1. The van der Waals surface area contributed by atoms with Crippen LogP contribution in [-0.2, 0) is 17.5 Å². The lowest BCUT2D eigenvalue weighted by Gasteiger charge is -2.35. The van der Waals surface area contributed by atoms with Crippen molar-refractivity contribution in [1.29, 1.82) is 0 Å². The third kappa shape index (κ3) is 4.98. The van der Waals surface area contributed by atoms with Gasteiger partial charge >= 0.3 is 6.18 Å². The molecule has 1 fully saturated rings. The number of thiazole rings is 1. The van der Waals surface area contributed by atoms with Crippen LogP contribution in [0.3, 0.4) is 0 Å². The second-order valence-electron chi connectivity index (χ2n) is 6.21. The number of nitrogens with zero attached hydrogens (tertiary/aromatic N) is 3.